The zero-order valence-corrected chi connectivity index (χ0v) is 26.9. The fourth-order valence-electron chi connectivity index (χ4n) is 5.78. The van der Waals surface area contributed by atoms with Crippen molar-refractivity contribution in [3.63, 3.8) is 0 Å². The molecule has 1 fully saturated rings. The molecule has 0 heterocycles. The summed E-state index contributed by atoms with van der Waals surface area (Å²) in [6, 6.07) is 31.0. The molecule has 0 saturated heterocycles. The van der Waals surface area contributed by atoms with Crippen LogP contribution < -0.4 is 9.62 Å². The van der Waals surface area contributed by atoms with E-state index in [1.165, 1.54) is 17.0 Å². The molecule has 0 spiro atoms. The van der Waals surface area contributed by atoms with Crippen molar-refractivity contribution >= 4 is 39.1 Å². The molecule has 1 atom stereocenters. The highest BCUT2D eigenvalue weighted by Gasteiger charge is 2.35. The largest absolute Gasteiger partial charge is 0.352 e. The first kappa shape index (κ1) is 32.3. The minimum absolute atomic E-state index is 0.0465. The summed E-state index contributed by atoms with van der Waals surface area (Å²) in [6.45, 7) is 1.42. The normalized spacial score (nSPS) is 14.1. The van der Waals surface area contributed by atoms with E-state index in [2.05, 4.69) is 5.32 Å². The Hall–Kier alpha value is -4.14. The topological polar surface area (TPSA) is 86.8 Å². The summed E-state index contributed by atoms with van der Waals surface area (Å²) in [4.78, 5) is 30.2. The van der Waals surface area contributed by atoms with Crippen LogP contribution in [0.3, 0.4) is 0 Å². The first-order chi connectivity index (χ1) is 21.7. The maximum atomic E-state index is 14.6. The Balaban J connectivity index is 1.56. The standard InChI is InChI=1S/C36H38ClN3O4S/c1-27-12-8-11-19-33(27)40(45(43,44)32-17-6-3-7-18-32)26-35(41)39(25-29-20-22-30(37)23-21-29)34(24-28-13-4-2-5-14-28)36(42)38-31-15-9-10-16-31/h2-8,11-14,17-23,31,34H,9-10,15-16,24-26H2,1H3,(H,38,42)/t34-/m0/s1. The molecule has 0 bridgehead atoms. The number of amides is 2. The van der Waals surface area contributed by atoms with Crippen LogP contribution in [-0.2, 0) is 32.6 Å². The summed E-state index contributed by atoms with van der Waals surface area (Å²) in [5.74, 6) is -0.739. The first-order valence-corrected chi connectivity index (χ1v) is 17.1. The van der Waals surface area contributed by atoms with E-state index in [1.807, 2.05) is 61.5 Å². The molecular formula is C36H38ClN3O4S. The lowest BCUT2D eigenvalue weighted by molar-refractivity contribution is -0.140. The summed E-state index contributed by atoms with van der Waals surface area (Å²) >= 11 is 6.17. The SMILES string of the molecule is Cc1ccccc1N(CC(=O)N(Cc1ccc(Cl)cc1)[C@@H](Cc1ccccc1)C(=O)NC1CCCC1)S(=O)(=O)c1ccccc1. The lowest BCUT2D eigenvalue weighted by Crippen LogP contribution is -2.54. The molecule has 1 N–H and O–H groups in total. The predicted molar refractivity (Wildman–Crippen MR) is 178 cm³/mol. The molecule has 0 aliphatic heterocycles. The highest BCUT2D eigenvalue weighted by molar-refractivity contribution is 7.92. The van der Waals surface area contributed by atoms with E-state index < -0.39 is 28.5 Å². The van der Waals surface area contributed by atoms with Gasteiger partial charge in [-0.2, -0.15) is 0 Å². The Bertz CT molecular complexity index is 1690. The Morgan fingerprint density at radius 3 is 2.07 bits per heavy atom. The van der Waals surface area contributed by atoms with Gasteiger partial charge >= 0.3 is 0 Å². The highest BCUT2D eigenvalue weighted by Crippen LogP contribution is 2.28. The third-order valence-corrected chi connectivity index (χ3v) is 10.3. The molecule has 1 aliphatic carbocycles. The maximum absolute atomic E-state index is 14.6. The lowest BCUT2D eigenvalue weighted by Gasteiger charge is -2.34. The number of rotatable bonds is 12. The molecule has 0 radical (unpaired) electrons. The van der Waals surface area contributed by atoms with E-state index in [0.29, 0.717) is 16.3 Å². The molecule has 1 saturated carbocycles. The number of aryl methyl sites for hydroxylation is 1. The van der Waals surface area contributed by atoms with Crippen molar-refractivity contribution in [3.8, 4) is 0 Å². The number of halogens is 1. The van der Waals surface area contributed by atoms with E-state index in [9.17, 15) is 18.0 Å². The van der Waals surface area contributed by atoms with Gasteiger partial charge in [0.25, 0.3) is 10.0 Å². The number of carbonyl (C=O) groups excluding carboxylic acids is 2. The molecule has 0 aromatic heterocycles. The summed E-state index contributed by atoms with van der Waals surface area (Å²) in [5.41, 5.74) is 2.77. The van der Waals surface area contributed by atoms with Crippen LogP contribution >= 0.6 is 11.6 Å². The Labute approximate surface area is 270 Å². The number of anilines is 1. The number of sulfonamides is 1. The highest BCUT2D eigenvalue weighted by atomic mass is 35.5. The van der Waals surface area contributed by atoms with Crippen molar-refractivity contribution in [3.05, 3.63) is 131 Å². The number of hydrogen-bond donors (Lipinski definition) is 1. The lowest BCUT2D eigenvalue weighted by atomic mass is 10.0. The average Bonchev–Trinajstić information content (AvgIpc) is 3.56. The van der Waals surface area contributed by atoms with Gasteiger partial charge in [-0.05, 0) is 66.8 Å². The Morgan fingerprint density at radius 1 is 0.822 bits per heavy atom. The van der Waals surface area contributed by atoms with Gasteiger partial charge in [-0.1, -0.05) is 103 Å². The summed E-state index contributed by atoms with van der Waals surface area (Å²) < 4.78 is 29.4. The molecule has 9 heteroatoms. The predicted octanol–water partition coefficient (Wildman–Crippen LogP) is 6.54. The zero-order valence-electron chi connectivity index (χ0n) is 25.3. The van der Waals surface area contributed by atoms with Gasteiger partial charge in [-0.25, -0.2) is 8.42 Å². The second-order valence-electron chi connectivity index (χ2n) is 11.5. The van der Waals surface area contributed by atoms with Gasteiger partial charge in [-0.15, -0.1) is 0 Å². The van der Waals surface area contributed by atoms with E-state index in [1.54, 1.807) is 42.5 Å². The zero-order chi connectivity index (χ0) is 31.8. The number of carbonyl (C=O) groups is 2. The second-order valence-corrected chi connectivity index (χ2v) is 13.8. The van der Waals surface area contributed by atoms with Crippen LogP contribution in [0.1, 0.15) is 42.4 Å². The van der Waals surface area contributed by atoms with Crippen LogP contribution in [-0.4, -0.2) is 43.8 Å². The van der Waals surface area contributed by atoms with Crippen molar-refractivity contribution in [2.45, 2.75) is 62.6 Å². The van der Waals surface area contributed by atoms with Gasteiger partial charge in [0, 0.05) is 24.0 Å². The molecular weight excluding hydrogens is 606 g/mol. The summed E-state index contributed by atoms with van der Waals surface area (Å²) in [6.07, 6.45) is 4.15. The van der Waals surface area contributed by atoms with Crippen LogP contribution in [0.25, 0.3) is 0 Å². The van der Waals surface area contributed by atoms with Crippen LogP contribution in [0.2, 0.25) is 5.02 Å². The van der Waals surface area contributed by atoms with E-state index in [-0.39, 0.29) is 29.8 Å². The van der Waals surface area contributed by atoms with E-state index >= 15 is 0 Å². The molecule has 45 heavy (non-hydrogen) atoms. The van der Waals surface area contributed by atoms with Crippen molar-refractivity contribution in [1.29, 1.82) is 0 Å². The number of para-hydroxylation sites is 1. The number of nitrogens with zero attached hydrogens (tertiary/aromatic N) is 2. The van der Waals surface area contributed by atoms with E-state index in [0.717, 1.165) is 41.1 Å². The third-order valence-electron chi connectivity index (χ3n) is 8.23. The fraction of sp³-hybridized carbons (Fsp3) is 0.278. The average molecular weight is 644 g/mol. The van der Waals surface area contributed by atoms with Crippen LogP contribution in [0.5, 0.6) is 0 Å². The molecule has 7 nitrogen and oxygen atoms in total. The Morgan fingerprint density at radius 2 is 1.42 bits per heavy atom. The molecule has 2 amide bonds. The van der Waals surface area contributed by atoms with Crippen molar-refractivity contribution in [1.82, 2.24) is 10.2 Å². The monoisotopic (exact) mass is 643 g/mol. The Kier molecular flexibility index (Phi) is 10.6. The van der Waals surface area contributed by atoms with Gasteiger partial charge in [0.05, 0.1) is 10.6 Å². The van der Waals surface area contributed by atoms with Gasteiger partial charge in [0.1, 0.15) is 12.6 Å². The summed E-state index contributed by atoms with van der Waals surface area (Å²) in [5, 5.41) is 3.75. The first-order valence-electron chi connectivity index (χ1n) is 15.2. The van der Waals surface area contributed by atoms with Crippen LogP contribution in [0.15, 0.2) is 114 Å². The second kappa shape index (κ2) is 14.8. The molecule has 234 valence electrons. The minimum atomic E-state index is -4.14. The molecule has 5 rings (SSSR count). The third kappa shape index (κ3) is 8.12. The van der Waals surface area contributed by atoms with Gasteiger partial charge in [0.15, 0.2) is 0 Å². The number of benzene rings is 4. The molecule has 1 aliphatic rings. The molecule has 0 unspecified atom stereocenters. The van der Waals surface area contributed by atoms with Crippen LogP contribution in [0.4, 0.5) is 5.69 Å². The fourth-order valence-corrected chi connectivity index (χ4v) is 7.41. The summed E-state index contributed by atoms with van der Waals surface area (Å²) in [7, 11) is -4.14. The maximum Gasteiger partial charge on any atom is 0.264 e. The van der Waals surface area contributed by atoms with Crippen LogP contribution in [0, 0.1) is 6.92 Å². The van der Waals surface area contributed by atoms with Gasteiger partial charge in [0.2, 0.25) is 11.8 Å². The van der Waals surface area contributed by atoms with Gasteiger partial charge in [-0.3, -0.25) is 13.9 Å². The number of nitrogens with one attached hydrogen (secondary N) is 1. The van der Waals surface area contributed by atoms with Crippen molar-refractivity contribution < 1.29 is 18.0 Å². The van der Waals surface area contributed by atoms with E-state index in [4.69, 9.17) is 11.6 Å². The van der Waals surface area contributed by atoms with Crippen molar-refractivity contribution in [2.75, 3.05) is 10.8 Å². The van der Waals surface area contributed by atoms with Crippen molar-refractivity contribution in [2.24, 2.45) is 0 Å². The quantitative estimate of drug-likeness (QED) is 0.190. The molecule has 4 aromatic carbocycles. The number of hydrogen-bond acceptors (Lipinski definition) is 4. The minimum Gasteiger partial charge on any atom is -0.352 e. The smallest absolute Gasteiger partial charge is 0.264 e. The molecule has 4 aromatic rings. The van der Waals surface area contributed by atoms with Gasteiger partial charge < -0.3 is 10.2 Å².